The summed E-state index contributed by atoms with van der Waals surface area (Å²) in [7, 11) is 0. The summed E-state index contributed by atoms with van der Waals surface area (Å²) >= 11 is 0. The Morgan fingerprint density at radius 2 is 2.19 bits per heavy atom. The second-order valence-electron chi connectivity index (χ2n) is 6.66. The Kier molecular flexibility index (Phi) is 6.47. The van der Waals surface area contributed by atoms with E-state index in [0.717, 1.165) is 38.6 Å². The van der Waals surface area contributed by atoms with Gasteiger partial charge in [0.2, 0.25) is 11.8 Å². The zero-order valence-corrected chi connectivity index (χ0v) is 13.9. The molecule has 2 fully saturated rings. The normalized spacial score (nSPS) is 30.7. The van der Waals surface area contributed by atoms with Crippen LogP contribution in [0.4, 0.5) is 0 Å². The van der Waals surface area contributed by atoms with Crippen LogP contribution in [0.2, 0.25) is 0 Å². The maximum atomic E-state index is 12.4. The van der Waals surface area contributed by atoms with E-state index in [9.17, 15) is 9.59 Å². The van der Waals surface area contributed by atoms with Gasteiger partial charge in [-0.3, -0.25) is 9.59 Å². The van der Waals surface area contributed by atoms with E-state index in [-0.39, 0.29) is 36.2 Å². The first-order valence-corrected chi connectivity index (χ1v) is 7.77. The fourth-order valence-corrected chi connectivity index (χ4v) is 3.41. The highest BCUT2D eigenvalue weighted by atomic mass is 35.5. The average molecular weight is 318 g/mol. The molecule has 2 rings (SSSR count). The zero-order valence-electron chi connectivity index (χ0n) is 13.1. The fourth-order valence-electron chi connectivity index (χ4n) is 3.41. The molecule has 0 aromatic heterocycles. The van der Waals surface area contributed by atoms with Gasteiger partial charge in [-0.1, -0.05) is 12.8 Å². The minimum atomic E-state index is -0.397. The van der Waals surface area contributed by atoms with Crippen LogP contribution < -0.4 is 11.1 Å². The van der Waals surface area contributed by atoms with Crippen molar-refractivity contribution in [1.82, 2.24) is 10.2 Å². The smallest absolute Gasteiger partial charge is 0.225 e. The summed E-state index contributed by atoms with van der Waals surface area (Å²) in [5, 5.41) is 3.04. The van der Waals surface area contributed by atoms with Crippen molar-refractivity contribution < 1.29 is 9.59 Å². The highest BCUT2D eigenvalue weighted by Gasteiger charge is 2.38. The van der Waals surface area contributed by atoms with Crippen LogP contribution >= 0.6 is 12.4 Å². The predicted molar refractivity (Wildman–Crippen MR) is 85.2 cm³/mol. The van der Waals surface area contributed by atoms with E-state index in [4.69, 9.17) is 5.73 Å². The van der Waals surface area contributed by atoms with E-state index >= 15 is 0 Å². The molecule has 2 aliphatic rings. The molecule has 122 valence electrons. The van der Waals surface area contributed by atoms with Crippen LogP contribution in [0.3, 0.4) is 0 Å². The number of halogens is 1. The minimum Gasteiger partial charge on any atom is -0.352 e. The molecule has 21 heavy (non-hydrogen) atoms. The maximum Gasteiger partial charge on any atom is 0.225 e. The van der Waals surface area contributed by atoms with Crippen molar-refractivity contribution in [2.75, 3.05) is 13.1 Å². The van der Waals surface area contributed by atoms with Crippen molar-refractivity contribution in [3.05, 3.63) is 0 Å². The first-order valence-electron chi connectivity index (χ1n) is 7.77. The Hall–Kier alpha value is -0.810. The SMILES string of the molecule is CC(CN1CCCC1=O)NC(=O)C1CCCCC1(C)N.Cl. The molecule has 1 heterocycles. The van der Waals surface area contributed by atoms with Gasteiger partial charge in [0.25, 0.3) is 0 Å². The third kappa shape index (κ3) is 4.58. The Labute approximate surface area is 133 Å². The molecule has 6 heteroatoms. The summed E-state index contributed by atoms with van der Waals surface area (Å²) in [4.78, 5) is 25.8. The van der Waals surface area contributed by atoms with Crippen LogP contribution in [0.15, 0.2) is 0 Å². The van der Waals surface area contributed by atoms with Crippen molar-refractivity contribution in [2.45, 2.75) is 64.0 Å². The molecule has 2 amide bonds. The quantitative estimate of drug-likeness (QED) is 0.824. The molecule has 1 saturated carbocycles. The fraction of sp³-hybridized carbons (Fsp3) is 0.867. The number of carbonyl (C=O) groups excluding carboxylic acids is 2. The van der Waals surface area contributed by atoms with Crippen LogP contribution in [0.25, 0.3) is 0 Å². The molecule has 5 nitrogen and oxygen atoms in total. The van der Waals surface area contributed by atoms with Crippen molar-refractivity contribution in [3.8, 4) is 0 Å². The summed E-state index contributed by atoms with van der Waals surface area (Å²) in [5.41, 5.74) is 5.86. The molecule has 1 aliphatic carbocycles. The molecule has 3 unspecified atom stereocenters. The number of carbonyl (C=O) groups is 2. The summed E-state index contributed by atoms with van der Waals surface area (Å²) in [6.07, 6.45) is 5.53. The monoisotopic (exact) mass is 317 g/mol. The van der Waals surface area contributed by atoms with E-state index in [0.29, 0.717) is 13.0 Å². The molecule has 0 bridgehead atoms. The third-order valence-electron chi connectivity index (χ3n) is 4.63. The first kappa shape index (κ1) is 18.2. The van der Waals surface area contributed by atoms with Crippen molar-refractivity contribution in [1.29, 1.82) is 0 Å². The van der Waals surface area contributed by atoms with Crippen LogP contribution in [-0.2, 0) is 9.59 Å². The number of hydrogen-bond acceptors (Lipinski definition) is 3. The van der Waals surface area contributed by atoms with Gasteiger partial charge >= 0.3 is 0 Å². The Bertz CT molecular complexity index is 387. The summed E-state index contributed by atoms with van der Waals surface area (Å²) in [5.74, 6) is 0.147. The van der Waals surface area contributed by atoms with Crippen molar-refractivity contribution >= 4 is 24.2 Å². The first-order chi connectivity index (χ1) is 9.40. The molecule has 1 aliphatic heterocycles. The largest absolute Gasteiger partial charge is 0.352 e. The number of likely N-dealkylation sites (tertiary alicyclic amines) is 1. The lowest BCUT2D eigenvalue weighted by atomic mass is 9.74. The molecule has 0 radical (unpaired) electrons. The molecule has 0 aromatic rings. The lowest BCUT2D eigenvalue weighted by Gasteiger charge is -2.38. The summed E-state index contributed by atoms with van der Waals surface area (Å²) in [6.45, 7) is 5.36. The molecule has 1 saturated heterocycles. The highest BCUT2D eigenvalue weighted by Crippen LogP contribution is 2.31. The van der Waals surface area contributed by atoms with E-state index in [1.807, 2.05) is 18.7 Å². The van der Waals surface area contributed by atoms with E-state index in [1.165, 1.54) is 0 Å². The van der Waals surface area contributed by atoms with Gasteiger partial charge in [0, 0.05) is 31.1 Å². The van der Waals surface area contributed by atoms with Gasteiger partial charge in [0.1, 0.15) is 0 Å². The minimum absolute atomic E-state index is 0. The topological polar surface area (TPSA) is 75.4 Å². The van der Waals surface area contributed by atoms with Crippen LogP contribution in [-0.4, -0.2) is 41.4 Å². The second kappa shape index (κ2) is 7.45. The molecular formula is C15H28ClN3O2. The third-order valence-corrected chi connectivity index (χ3v) is 4.63. The second-order valence-corrected chi connectivity index (χ2v) is 6.66. The van der Waals surface area contributed by atoms with Gasteiger partial charge in [-0.15, -0.1) is 12.4 Å². The number of rotatable bonds is 4. The Balaban J connectivity index is 0.00000220. The van der Waals surface area contributed by atoms with E-state index in [1.54, 1.807) is 0 Å². The molecular weight excluding hydrogens is 290 g/mol. The van der Waals surface area contributed by atoms with Crippen LogP contribution in [0, 0.1) is 5.92 Å². The maximum absolute atomic E-state index is 12.4. The lowest BCUT2D eigenvalue weighted by Crippen LogP contribution is -2.55. The summed E-state index contributed by atoms with van der Waals surface area (Å²) < 4.78 is 0. The van der Waals surface area contributed by atoms with Gasteiger partial charge in [-0.2, -0.15) is 0 Å². The van der Waals surface area contributed by atoms with Gasteiger partial charge in [0.15, 0.2) is 0 Å². The van der Waals surface area contributed by atoms with Crippen molar-refractivity contribution in [2.24, 2.45) is 11.7 Å². The molecule has 0 aromatic carbocycles. The lowest BCUT2D eigenvalue weighted by molar-refractivity contribution is -0.131. The highest BCUT2D eigenvalue weighted by molar-refractivity contribution is 5.85. The molecule has 3 N–H and O–H groups in total. The number of hydrogen-bond donors (Lipinski definition) is 2. The number of amides is 2. The number of nitrogens with zero attached hydrogens (tertiary/aromatic N) is 1. The number of nitrogens with one attached hydrogen (secondary N) is 1. The van der Waals surface area contributed by atoms with Gasteiger partial charge in [-0.25, -0.2) is 0 Å². The molecule has 3 atom stereocenters. The summed E-state index contributed by atoms with van der Waals surface area (Å²) in [6, 6.07) is -0.0118. The van der Waals surface area contributed by atoms with Gasteiger partial charge < -0.3 is 16.0 Å². The Morgan fingerprint density at radius 3 is 2.76 bits per heavy atom. The standard InChI is InChI=1S/C15H27N3O2.ClH/c1-11(10-18-9-5-7-13(18)19)17-14(20)12-6-3-4-8-15(12,2)16;/h11-12H,3-10,16H2,1-2H3,(H,17,20);1H. The average Bonchev–Trinajstić information content (AvgIpc) is 2.74. The van der Waals surface area contributed by atoms with Crippen LogP contribution in [0.1, 0.15) is 52.4 Å². The van der Waals surface area contributed by atoms with Gasteiger partial charge in [-0.05, 0) is 33.1 Å². The van der Waals surface area contributed by atoms with Gasteiger partial charge in [0.05, 0.1) is 5.92 Å². The zero-order chi connectivity index (χ0) is 14.8. The van der Waals surface area contributed by atoms with E-state index < -0.39 is 5.54 Å². The van der Waals surface area contributed by atoms with Crippen LogP contribution in [0.5, 0.6) is 0 Å². The van der Waals surface area contributed by atoms with E-state index in [2.05, 4.69) is 5.32 Å². The predicted octanol–water partition coefficient (Wildman–Crippen LogP) is 1.44. The molecule has 0 spiro atoms. The number of nitrogens with two attached hydrogens (primary N) is 1. The Morgan fingerprint density at radius 1 is 1.48 bits per heavy atom. The van der Waals surface area contributed by atoms with Crippen molar-refractivity contribution in [3.63, 3.8) is 0 Å².